The third kappa shape index (κ3) is 2.65. The van der Waals surface area contributed by atoms with Crippen LogP contribution in [0, 0.1) is 5.41 Å². The average molecular weight is 332 g/mol. The molecule has 1 atom stereocenters. The fourth-order valence-corrected chi connectivity index (χ4v) is 3.43. The average Bonchev–Trinajstić information content (AvgIpc) is 2.52. The minimum Gasteiger partial charge on any atom is -0.380 e. The molecule has 1 saturated heterocycles. The van der Waals surface area contributed by atoms with E-state index in [4.69, 9.17) is 11.6 Å². The van der Waals surface area contributed by atoms with Crippen molar-refractivity contribution in [3.8, 4) is 0 Å². The number of hydrogen-bond acceptors (Lipinski definition) is 4. The predicted molar refractivity (Wildman–Crippen MR) is 91.5 cm³/mol. The van der Waals surface area contributed by atoms with Crippen molar-refractivity contribution in [3.63, 3.8) is 0 Å². The Labute approximate surface area is 141 Å². The highest BCUT2D eigenvalue weighted by molar-refractivity contribution is 6.29. The molecule has 4 nitrogen and oxygen atoms in total. The van der Waals surface area contributed by atoms with Crippen LogP contribution in [0.5, 0.6) is 0 Å². The highest BCUT2D eigenvalue weighted by Gasteiger charge is 2.53. The first-order valence-electron chi connectivity index (χ1n) is 7.89. The van der Waals surface area contributed by atoms with Crippen molar-refractivity contribution in [2.24, 2.45) is 5.41 Å². The van der Waals surface area contributed by atoms with E-state index >= 15 is 0 Å². The number of aromatic nitrogens is 2. The summed E-state index contributed by atoms with van der Waals surface area (Å²) in [6.07, 6.45) is 1.60. The van der Waals surface area contributed by atoms with Gasteiger partial charge >= 0.3 is 0 Å². The molecule has 1 fully saturated rings. The van der Waals surface area contributed by atoms with Gasteiger partial charge in [-0.2, -0.15) is 5.10 Å². The van der Waals surface area contributed by atoms with E-state index in [9.17, 15) is 5.11 Å². The number of nitrogens with one attached hydrogen (secondary N) is 1. The topological polar surface area (TPSA) is 58.0 Å². The van der Waals surface area contributed by atoms with Crippen LogP contribution in [0.25, 0.3) is 0 Å². The largest absolute Gasteiger partial charge is 0.380 e. The van der Waals surface area contributed by atoms with Crippen molar-refractivity contribution in [1.29, 1.82) is 0 Å². The van der Waals surface area contributed by atoms with Crippen molar-refractivity contribution in [1.82, 2.24) is 15.5 Å². The Hall–Kier alpha value is -1.49. The van der Waals surface area contributed by atoms with E-state index < -0.39 is 5.60 Å². The number of rotatable bonds is 4. The summed E-state index contributed by atoms with van der Waals surface area (Å²) in [6.45, 7) is 7.86. The van der Waals surface area contributed by atoms with Crippen LogP contribution in [-0.4, -0.2) is 28.4 Å². The van der Waals surface area contributed by atoms with Crippen molar-refractivity contribution >= 4 is 11.6 Å². The third-order valence-corrected chi connectivity index (χ3v) is 5.13. The Morgan fingerprint density at radius 3 is 2.35 bits per heavy atom. The Balaban J connectivity index is 2.12. The lowest BCUT2D eigenvalue weighted by atomic mass is 9.63. The van der Waals surface area contributed by atoms with Gasteiger partial charge in [0.1, 0.15) is 5.60 Å². The summed E-state index contributed by atoms with van der Waals surface area (Å²) in [6, 6.07) is 9.88. The zero-order valence-corrected chi connectivity index (χ0v) is 14.4. The number of hydrogen-bond donors (Lipinski definition) is 2. The molecule has 1 aromatic carbocycles. The van der Waals surface area contributed by atoms with E-state index in [1.807, 2.05) is 12.1 Å². The monoisotopic (exact) mass is 331 g/mol. The Kier molecular flexibility index (Phi) is 4.17. The van der Waals surface area contributed by atoms with Gasteiger partial charge in [0.15, 0.2) is 5.15 Å². The van der Waals surface area contributed by atoms with Crippen LogP contribution in [0.1, 0.15) is 43.4 Å². The van der Waals surface area contributed by atoms with Crippen LogP contribution < -0.4 is 5.32 Å². The second kappa shape index (κ2) is 5.86. The fourth-order valence-electron chi connectivity index (χ4n) is 3.27. The summed E-state index contributed by atoms with van der Waals surface area (Å²) in [7, 11) is 0. The maximum absolute atomic E-state index is 11.7. The molecule has 0 spiro atoms. The summed E-state index contributed by atoms with van der Waals surface area (Å²) in [5.74, 6) is 0.454. The van der Waals surface area contributed by atoms with Gasteiger partial charge in [-0.1, -0.05) is 56.6 Å². The molecule has 1 aliphatic heterocycles. The summed E-state index contributed by atoms with van der Waals surface area (Å²) >= 11 is 6.02. The van der Waals surface area contributed by atoms with Gasteiger partial charge in [0, 0.05) is 24.1 Å². The SMILES string of the molecule is CC(C)c1ccc([C@](O)(c2cnnc(Cl)c2)C2(C)CNC2)cc1. The maximum Gasteiger partial charge on any atom is 0.152 e. The van der Waals surface area contributed by atoms with Crippen molar-refractivity contribution < 1.29 is 5.11 Å². The van der Waals surface area contributed by atoms with E-state index in [-0.39, 0.29) is 10.6 Å². The molecule has 3 rings (SSSR count). The molecule has 1 aromatic heterocycles. The second-order valence-corrected chi connectivity index (χ2v) is 7.31. The molecule has 0 amide bonds. The molecular formula is C18H22ClN3O. The molecule has 5 heteroatoms. The molecule has 23 heavy (non-hydrogen) atoms. The van der Waals surface area contributed by atoms with Crippen LogP contribution in [0.15, 0.2) is 36.5 Å². The zero-order chi connectivity index (χ0) is 16.7. The van der Waals surface area contributed by atoms with Crippen LogP contribution in [0.4, 0.5) is 0 Å². The van der Waals surface area contributed by atoms with Gasteiger partial charge in [0.25, 0.3) is 0 Å². The van der Waals surface area contributed by atoms with E-state index in [1.165, 1.54) is 5.56 Å². The Bertz CT molecular complexity index is 698. The molecule has 2 aromatic rings. The molecule has 2 heterocycles. The van der Waals surface area contributed by atoms with Crippen LogP contribution >= 0.6 is 11.6 Å². The number of benzene rings is 1. The molecule has 0 radical (unpaired) electrons. The summed E-state index contributed by atoms with van der Waals surface area (Å²) in [5.41, 5.74) is 1.30. The van der Waals surface area contributed by atoms with Gasteiger partial charge in [0.2, 0.25) is 0 Å². The molecule has 0 unspecified atom stereocenters. The quantitative estimate of drug-likeness (QED) is 0.904. The molecule has 0 saturated carbocycles. The van der Waals surface area contributed by atoms with E-state index in [0.717, 1.165) is 18.7 Å². The van der Waals surface area contributed by atoms with E-state index in [0.29, 0.717) is 11.5 Å². The summed E-state index contributed by atoms with van der Waals surface area (Å²) in [4.78, 5) is 0. The Morgan fingerprint density at radius 1 is 1.22 bits per heavy atom. The van der Waals surface area contributed by atoms with E-state index in [2.05, 4.69) is 48.4 Å². The van der Waals surface area contributed by atoms with E-state index in [1.54, 1.807) is 12.3 Å². The van der Waals surface area contributed by atoms with Crippen molar-refractivity contribution in [3.05, 3.63) is 58.4 Å². The highest BCUT2D eigenvalue weighted by atomic mass is 35.5. The Morgan fingerprint density at radius 2 is 1.87 bits per heavy atom. The summed E-state index contributed by atoms with van der Waals surface area (Å²) in [5, 5.41) is 23.0. The van der Waals surface area contributed by atoms with Gasteiger partial charge in [0.05, 0.1) is 6.20 Å². The van der Waals surface area contributed by atoms with Crippen molar-refractivity contribution in [2.75, 3.05) is 13.1 Å². The lowest BCUT2D eigenvalue weighted by Crippen LogP contribution is -2.63. The highest BCUT2D eigenvalue weighted by Crippen LogP contribution is 2.47. The van der Waals surface area contributed by atoms with Gasteiger partial charge in [-0.3, -0.25) is 0 Å². The van der Waals surface area contributed by atoms with Crippen molar-refractivity contribution in [2.45, 2.75) is 32.3 Å². The molecule has 0 bridgehead atoms. The maximum atomic E-state index is 11.7. The van der Waals surface area contributed by atoms with Gasteiger partial charge in [-0.15, -0.1) is 5.10 Å². The first-order chi connectivity index (χ1) is 10.9. The summed E-state index contributed by atoms with van der Waals surface area (Å²) < 4.78 is 0. The first kappa shape index (κ1) is 16.4. The second-order valence-electron chi connectivity index (χ2n) is 6.92. The normalized spacial score (nSPS) is 19.2. The number of nitrogens with zero attached hydrogens (tertiary/aromatic N) is 2. The minimum absolute atomic E-state index is 0.288. The molecule has 2 N–H and O–H groups in total. The number of halogens is 1. The number of aliphatic hydroxyl groups is 1. The zero-order valence-electron chi connectivity index (χ0n) is 13.7. The van der Waals surface area contributed by atoms with Gasteiger partial charge < -0.3 is 10.4 Å². The van der Waals surface area contributed by atoms with Crippen LogP contribution in [0.2, 0.25) is 5.15 Å². The van der Waals surface area contributed by atoms with Gasteiger partial charge in [-0.05, 0) is 23.1 Å². The molecular weight excluding hydrogens is 310 g/mol. The van der Waals surface area contributed by atoms with Crippen LogP contribution in [-0.2, 0) is 5.60 Å². The lowest BCUT2D eigenvalue weighted by Gasteiger charge is -2.51. The molecule has 1 aliphatic rings. The van der Waals surface area contributed by atoms with Gasteiger partial charge in [-0.25, -0.2) is 0 Å². The minimum atomic E-state index is -1.16. The third-order valence-electron chi connectivity index (χ3n) is 4.94. The fraction of sp³-hybridized carbons (Fsp3) is 0.444. The molecule has 0 aliphatic carbocycles. The predicted octanol–water partition coefficient (Wildman–Crippen LogP) is 3.10. The smallest absolute Gasteiger partial charge is 0.152 e. The standard InChI is InChI=1S/C18H22ClN3O/c1-12(2)13-4-6-14(7-5-13)18(23,17(3)10-20-11-17)15-8-16(19)22-21-9-15/h4-9,12,20,23H,10-11H2,1-3H3/t18-/m0/s1. The lowest BCUT2D eigenvalue weighted by molar-refractivity contribution is -0.0770. The van der Waals surface area contributed by atoms with Crippen LogP contribution in [0.3, 0.4) is 0 Å². The molecule has 122 valence electrons. The first-order valence-corrected chi connectivity index (χ1v) is 8.27.